The Hall–Kier alpha value is -0.470. The van der Waals surface area contributed by atoms with Gasteiger partial charge in [0.1, 0.15) is 4.21 Å². The third-order valence-corrected chi connectivity index (χ3v) is 6.14. The van der Waals surface area contributed by atoms with E-state index in [2.05, 4.69) is 30.5 Å². The van der Waals surface area contributed by atoms with Crippen LogP contribution in [0.1, 0.15) is 32.3 Å². The summed E-state index contributed by atoms with van der Waals surface area (Å²) in [6.07, 6.45) is 1.78. The van der Waals surface area contributed by atoms with Gasteiger partial charge in [0.2, 0.25) is 10.0 Å². The third kappa shape index (κ3) is 5.49. The summed E-state index contributed by atoms with van der Waals surface area (Å²) in [6.45, 7) is 5.55. The number of thiophene rings is 1. The minimum absolute atomic E-state index is 0.131. The number of hydrogen-bond acceptors (Lipinski definition) is 5. The van der Waals surface area contributed by atoms with Crippen molar-refractivity contribution < 1.29 is 13.5 Å². The Balaban J connectivity index is 2.34. The number of nitrogens with zero attached hydrogens (tertiary/aromatic N) is 1. The molecule has 20 heavy (non-hydrogen) atoms. The van der Waals surface area contributed by atoms with Gasteiger partial charge in [0.15, 0.2) is 0 Å². The predicted octanol–water partition coefficient (Wildman–Crippen LogP) is 1.64. The molecule has 0 saturated heterocycles. The van der Waals surface area contributed by atoms with Gasteiger partial charge < -0.3 is 10.0 Å². The van der Waals surface area contributed by atoms with E-state index in [1.807, 2.05) is 0 Å². The van der Waals surface area contributed by atoms with Crippen molar-refractivity contribution in [3.63, 3.8) is 0 Å². The molecule has 0 saturated carbocycles. The summed E-state index contributed by atoms with van der Waals surface area (Å²) in [7, 11) is -1.36. The second kappa shape index (κ2) is 8.09. The van der Waals surface area contributed by atoms with Crippen LogP contribution in [-0.2, 0) is 16.6 Å². The molecule has 0 aliphatic heterocycles. The fourth-order valence-corrected chi connectivity index (χ4v) is 3.92. The molecule has 0 aromatic carbocycles. The number of hydrogen-bond donors (Lipinski definition) is 2. The van der Waals surface area contributed by atoms with Gasteiger partial charge >= 0.3 is 0 Å². The Bertz CT molecular complexity index is 497. The highest BCUT2D eigenvalue weighted by Crippen LogP contribution is 2.19. The molecule has 0 fully saturated rings. The van der Waals surface area contributed by atoms with Crippen LogP contribution in [0, 0.1) is 0 Å². The SMILES string of the molecule is CC(C)N(C)CCCCNS(=O)(=O)c1cc(CO)cs1. The van der Waals surface area contributed by atoms with Crippen molar-refractivity contribution in [1.29, 1.82) is 0 Å². The van der Waals surface area contributed by atoms with Gasteiger partial charge in [0.25, 0.3) is 0 Å². The van der Waals surface area contributed by atoms with Gasteiger partial charge in [-0.1, -0.05) is 0 Å². The first-order chi connectivity index (χ1) is 9.36. The maximum absolute atomic E-state index is 12.0. The first kappa shape index (κ1) is 17.6. The number of rotatable bonds is 9. The molecule has 0 atom stereocenters. The second-order valence-corrected chi connectivity index (χ2v) is 8.02. The molecule has 116 valence electrons. The number of sulfonamides is 1. The number of unbranched alkanes of at least 4 members (excludes halogenated alkanes) is 1. The van der Waals surface area contributed by atoms with E-state index in [1.54, 1.807) is 5.38 Å². The Morgan fingerprint density at radius 1 is 1.40 bits per heavy atom. The van der Waals surface area contributed by atoms with Gasteiger partial charge in [-0.15, -0.1) is 11.3 Å². The smallest absolute Gasteiger partial charge is 0.250 e. The zero-order valence-electron chi connectivity index (χ0n) is 12.3. The van der Waals surface area contributed by atoms with E-state index in [0.717, 1.165) is 30.7 Å². The fraction of sp³-hybridized carbons (Fsp3) is 0.692. The second-order valence-electron chi connectivity index (χ2n) is 5.11. The summed E-state index contributed by atoms with van der Waals surface area (Å²) in [5, 5.41) is 10.6. The van der Waals surface area contributed by atoms with Crippen LogP contribution >= 0.6 is 11.3 Å². The van der Waals surface area contributed by atoms with Crippen molar-refractivity contribution in [3.05, 3.63) is 17.0 Å². The molecular weight excluding hydrogens is 296 g/mol. The van der Waals surface area contributed by atoms with Crippen molar-refractivity contribution in [2.75, 3.05) is 20.1 Å². The predicted molar refractivity (Wildman–Crippen MR) is 82.4 cm³/mol. The molecule has 1 rings (SSSR count). The maximum atomic E-state index is 12.0. The monoisotopic (exact) mass is 320 g/mol. The van der Waals surface area contributed by atoms with Crippen LogP contribution in [0.3, 0.4) is 0 Å². The van der Waals surface area contributed by atoms with Crippen LogP contribution in [0.25, 0.3) is 0 Å². The van der Waals surface area contributed by atoms with Crippen molar-refractivity contribution in [1.82, 2.24) is 9.62 Å². The van der Waals surface area contributed by atoms with Crippen LogP contribution in [0.15, 0.2) is 15.7 Å². The van der Waals surface area contributed by atoms with E-state index in [-0.39, 0.29) is 10.8 Å². The molecule has 1 aromatic heterocycles. The first-order valence-corrected chi connectivity index (χ1v) is 9.11. The van der Waals surface area contributed by atoms with E-state index in [4.69, 9.17) is 5.11 Å². The van der Waals surface area contributed by atoms with Crippen LogP contribution < -0.4 is 4.72 Å². The third-order valence-electron chi connectivity index (χ3n) is 3.19. The Morgan fingerprint density at radius 2 is 2.10 bits per heavy atom. The number of aliphatic hydroxyl groups is 1. The number of aliphatic hydroxyl groups excluding tert-OH is 1. The molecule has 0 amide bonds. The minimum atomic E-state index is -3.42. The van der Waals surface area contributed by atoms with Crippen molar-refractivity contribution in [2.24, 2.45) is 0 Å². The minimum Gasteiger partial charge on any atom is -0.392 e. The van der Waals surface area contributed by atoms with Crippen LogP contribution in [0.2, 0.25) is 0 Å². The highest BCUT2D eigenvalue weighted by molar-refractivity contribution is 7.91. The van der Waals surface area contributed by atoms with E-state index in [1.165, 1.54) is 6.07 Å². The molecule has 0 unspecified atom stereocenters. The normalized spacial score (nSPS) is 12.5. The highest BCUT2D eigenvalue weighted by atomic mass is 32.2. The molecule has 7 heteroatoms. The van der Waals surface area contributed by atoms with E-state index in [0.29, 0.717) is 18.2 Å². The summed E-state index contributed by atoms with van der Waals surface area (Å²) in [5.74, 6) is 0. The van der Waals surface area contributed by atoms with Gasteiger partial charge in [-0.3, -0.25) is 0 Å². The van der Waals surface area contributed by atoms with Crippen molar-refractivity contribution >= 4 is 21.4 Å². The summed E-state index contributed by atoms with van der Waals surface area (Å²) >= 11 is 1.13. The maximum Gasteiger partial charge on any atom is 0.250 e. The molecule has 5 nitrogen and oxygen atoms in total. The molecule has 1 heterocycles. The molecule has 0 aliphatic carbocycles. The van der Waals surface area contributed by atoms with Crippen molar-refractivity contribution in [2.45, 2.75) is 43.5 Å². The quantitative estimate of drug-likeness (QED) is 0.679. The van der Waals surface area contributed by atoms with E-state index >= 15 is 0 Å². The van der Waals surface area contributed by atoms with E-state index < -0.39 is 10.0 Å². The zero-order chi connectivity index (χ0) is 15.2. The fourth-order valence-electron chi connectivity index (χ4n) is 1.60. The summed E-state index contributed by atoms with van der Waals surface area (Å²) in [4.78, 5) is 2.24. The Labute approximate surface area is 125 Å². The average Bonchev–Trinajstić information content (AvgIpc) is 2.87. The molecule has 0 spiro atoms. The molecule has 0 radical (unpaired) electrons. The summed E-state index contributed by atoms with van der Waals surface area (Å²) < 4.78 is 26.8. The lowest BCUT2D eigenvalue weighted by Gasteiger charge is -2.20. The standard InChI is InChI=1S/C13H24N2O3S2/c1-11(2)15(3)7-5-4-6-14-20(17,18)13-8-12(9-16)10-19-13/h8,10-11,14,16H,4-7,9H2,1-3H3. The molecule has 1 aromatic rings. The van der Waals surface area contributed by atoms with Crippen LogP contribution in [0.5, 0.6) is 0 Å². The van der Waals surface area contributed by atoms with Gasteiger partial charge in [-0.2, -0.15) is 0 Å². The van der Waals surface area contributed by atoms with E-state index in [9.17, 15) is 8.42 Å². The van der Waals surface area contributed by atoms with Gasteiger partial charge in [0, 0.05) is 12.6 Å². The molecular formula is C13H24N2O3S2. The summed E-state index contributed by atoms with van der Waals surface area (Å²) in [5.41, 5.74) is 0.633. The molecule has 0 aliphatic rings. The topological polar surface area (TPSA) is 69.6 Å². The lowest BCUT2D eigenvalue weighted by Crippen LogP contribution is -2.28. The largest absolute Gasteiger partial charge is 0.392 e. The average molecular weight is 320 g/mol. The number of nitrogens with one attached hydrogen (secondary N) is 1. The van der Waals surface area contributed by atoms with Gasteiger partial charge in [0.05, 0.1) is 6.61 Å². The Morgan fingerprint density at radius 3 is 2.65 bits per heavy atom. The van der Waals surface area contributed by atoms with Crippen molar-refractivity contribution in [3.8, 4) is 0 Å². The molecule has 0 bridgehead atoms. The molecule has 2 N–H and O–H groups in total. The highest BCUT2D eigenvalue weighted by Gasteiger charge is 2.15. The van der Waals surface area contributed by atoms with Gasteiger partial charge in [-0.05, 0) is 57.3 Å². The van der Waals surface area contributed by atoms with Crippen LogP contribution in [0.4, 0.5) is 0 Å². The Kier molecular flexibility index (Phi) is 7.11. The zero-order valence-corrected chi connectivity index (χ0v) is 13.9. The lowest BCUT2D eigenvalue weighted by molar-refractivity contribution is 0.268. The van der Waals surface area contributed by atoms with Crippen LogP contribution in [-0.4, -0.2) is 44.6 Å². The summed E-state index contributed by atoms with van der Waals surface area (Å²) in [6, 6.07) is 2.02. The first-order valence-electron chi connectivity index (χ1n) is 6.75. The lowest BCUT2D eigenvalue weighted by atomic mass is 10.2. The van der Waals surface area contributed by atoms with Gasteiger partial charge in [-0.25, -0.2) is 13.1 Å².